The van der Waals surface area contributed by atoms with Crippen molar-refractivity contribution in [2.24, 2.45) is 0 Å². The summed E-state index contributed by atoms with van der Waals surface area (Å²) in [5, 5.41) is 1.97. The molecule has 126 valence electrons. The number of hydrogen-bond acceptors (Lipinski definition) is 4. The highest BCUT2D eigenvalue weighted by molar-refractivity contribution is 7.12. The molecule has 0 spiro atoms. The van der Waals surface area contributed by atoms with E-state index in [-0.39, 0.29) is 11.8 Å². The molecule has 0 radical (unpaired) electrons. The van der Waals surface area contributed by atoms with Gasteiger partial charge in [-0.25, -0.2) is 0 Å². The van der Waals surface area contributed by atoms with Gasteiger partial charge >= 0.3 is 0 Å². The quantitative estimate of drug-likeness (QED) is 0.855. The second-order valence-corrected chi connectivity index (χ2v) is 6.72. The van der Waals surface area contributed by atoms with E-state index in [1.165, 1.54) is 11.3 Å². The third kappa shape index (κ3) is 3.64. The van der Waals surface area contributed by atoms with Crippen molar-refractivity contribution in [1.82, 2.24) is 14.8 Å². The van der Waals surface area contributed by atoms with Gasteiger partial charge in [0, 0.05) is 38.1 Å². The predicted octanol–water partition coefficient (Wildman–Crippen LogP) is 2.23. The van der Waals surface area contributed by atoms with Crippen molar-refractivity contribution in [2.45, 2.75) is 19.8 Å². The number of piperazine rings is 1. The molecule has 0 bridgehead atoms. The molecule has 6 heteroatoms. The van der Waals surface area contributed by atoms with Gasteiger partial charge in [-0.3, -0.25) is 14.6 Å². The zero-order chi connectivity index (χ0) is 16.9. The van der Waals surface area contributed by atoms with Gasteiger partial charge in [-0.2, -0.15) is 0 Å². The Morgan fingerprint density at radius 1 is 1.12 bits per heavy atom. The maximum atomic E-state index is 12.6. The lowest BCUT2D eigenvalue weighted by molar-refractivity contribution is -0.132. The van der Waals surface area contributed by atoms with Crippen LogP contribution in [0.1, 0.15) is 27.9 Å². The fourth-order valence-corrected chi connectivity index (χ4v) is 3.84. The van der Waals surface area contributed by atoms with Crippen LogP contribution in [0, 0.1) is 0 Å². The highest BCUT2D eigenvalue weighted by atomic mass is 32.1. The number of carbonyl (C=O) groups is 2. The Morgan fingerprint density at radius 2 is 1.88 bits per heavy atom. The van der Waals surface area contributed by atoms with Crippen LogP contribution < -0.4 is 0 Å². The number of nitrogens with zero attached hydrogens (tertiary/aromatic N) is 3. The van der Waals surface area contributed by atoms with Gasteiger partial charge in [0.15, 0.2) is 0 Å². The first kappa shape index (κ1) is 16.6. The Bertz CT molecular complexity index is 706. The molecular formula is C18H21N3O2S. The molecule has 0 aliphatic carbocycles. The molecule has 5 nitrogen and oxygen atoms in total. The van der Waals surface area contributed by atoms with Gasteiger partial charge in [-0.1, -0.05) is 13.0 Å². The maximum absolute atomic E-state index is 12.6. The Labute approximate surface area is 145 Å². The van der Waals surface area contributed by atoms with Crippen molar-refractivity contribution in [3.8, 4) is 0 Å². The van der Waals surface area contributed by atoms with Crippen molar-refractivity contribution in [3.63, 3.8) is 0 Å². The summed E-state index contributed by atoms with van der Waals surface area (Å²) in [5.74, 6) is 0.171. The molecule has 2 aromatic rings. The molecule has 2 aromatic heterocycles. The summed E-state index contributed by atoms with van der Waals surface area (Å²) in [7, 11) is 0. The van der Waals surface area contributed by atoms with E-state index in [1.54, 1.807) is 6.20 Å². The zero-order valence-electron chi connectivity index (χ0n) is 13.8. The van der Waals surface area contributed by atoms with E-state index < -0.39 is 0 Å². The van der Waals surface area contributed by atoms with Gasteiger partial charge < -0.3 is 9.80 Å². The van der Waals surface area contributed by atoms with Crippen molar-refractivity contribution in [2.75, 3.05) is 26.2 Å². The van der Waals surface area contributed by atoms with Crippen LogP contribution >= 0.6 is 11.3 Å². The Kier molecular flexibility index (Phi) is 5.25. The van der Waals surface area contributed by atoms with Gasteiger partial charge in [0.05, 0.1) is 11.3 Å². The summed E-state index contributed by atoms with van der Waals surface area (Å²) in [4.78, 5) is 33.7. The molecule has 0 saturated carbocycles. The lowest BCUT2D eigenvalue weighted by atomic mass is 10.2. The third-order valence-corrected chi connectivity index (χ3v) is 5.24. The van der Waals surface area contributed by atoms with E-state index in [2.05, 4.69) is 11.9 Å². The fourth-order valence-electron chi connectivity index (χ4n) is 2.87. The van der Waals surface area contributed by atoms with E-state index >= 15 is 0 Å². The highest BCUT2D eigenvalue weighted by Crippen LogP contribution is 2.20. The number of pyridine rings is 1. The molecule has 0 unspecified atom stereocenters. The number of rotatable bonds is 4. The van der Waals surface area contributed by atoms with Crippen LogP contribution in [0.15, 0.2) is 35.8 Å². The molecule has 3 heterocycles. The van der Waals surface area contributed by atoms with Gasteiger partial charge in [0.2, 0.25) is 5.91 Å². The first-order valence-corrected chi connectivity index (χ1v) is 9.10. The molecule has 1 fully saturated rings. The largest absolute Gasteiger partial charge is 0.339 e. The van der Waals surface area contributed by atoms with E-state index in [0.29, 0.717) is 32.6 Å². The molecule has 0 aromatic carbocycles. The molecule has 1 saturated heterocycles. The molecule has 1 aliphatic heterocycles. The number of aryl methyl sites for hydroxylation is 1. The molecule has 0 N–H and O–H groups in total. The highest BCUT2D eigenvalue weighted by Gasteiger charge is 2.26. The number of thiophene rings is 1. The molecule has 24 heavy (non-hydrogen) atoms. The van der Waals surface area contributed by atoms with Crippen LogP contribution in [0.4, 0.5) is 0 Å². The van der Waals surface area contributed by atoms with Gasteiger partial charge in [-0.05, 0) is 35.6 Å². The number of aromatic nitrogens is 1. The van der Waals surface area contributed by atoms with E-state index in [1.807, 2.05) is 39.4 Å². The lowest BCUT2D eigenvalue weighted by Gasteiger charge is -2.34. The second kappa shape index (κ2) is 7.57. The summed E-state index contributed by atoms with van der Waals surface area (Å²) in [6.45, 7) is 4.42. The van der Waals surface area contributed by atoms with Crippen molar-refractivity contribution in [3.05, 3.63) is 52.0 Å². The summed E-state index contributed by atoms with van der Waals surface area (Å²) < 4.78 is 0. The molecule has 0 atom stereocenters. The van der Waals surface area contributed by atoms with Crippen LogP contribution in [-0.2, 0) is 17.6 Å². The van der Waals surface area contributed by atoms with Crippen LogP contribution in [0.25, 0.3) is 0 Å². The minimum Gasteiger partial charge on any atom is -0.339 e. The molecule has 3 rings (SSSR count). The third-order valence-electron chi connectivity index (χ3n) is 4.30. The van der Waals surface area contributed by atoms with Crippen molar-refractivity contribution in [1.29, 1.82) is 0 Å². The van der Waals surface area contributed by atoms with E-state index in [0.717, 1.165) is 22.6 Å². The minimum atomic E-state index is 0.0752. The van der Waals surface area contributed by atoms with Gasteiger partial charge in [0.25, 0.3) is 5.91 Å². The standard InChI is InChI=1S/C18H21N3O2S/c1-2-14-6-12-24-17(14)18(23)21-10-8-20(9-11-21)16(22)13-15-5-3-4-7-19-15/h3-7,12H,2,8-11,13H2,1H3. The van der Waals surface area contributed by atoms with Crippen LogP contribution in [0.3, 0.4) is 0 Å². The van der Waals surface area contributed by atoms with Crippen LogP contribution in [-0.4, -0.2) is 52.8 Å². The van der Waals surface area contributed by atoms with Gasteiger partial charge in [-0.15, -0.1) is 11.3 Å². The Balaban J connectivity index is 1.56. The fraction of sp³-hybridized carbons (Fsp3) is 0.389. The average Bonchev–Trinajstić information content (AvgIpc) is 3.11. The molecule has 2 amide bonds. The van der Waals surface area contributed by atoms with Crippen LogP contribution in [0.2, 0.25) is 0 Å². The smallest absolute Gasteiger partial charge is 0.264 e. The minimum absolute atomic E-state index is 0.0752. The molecule has 1 aliphatic rings. The van der Waals surface area contributed by atoms with Crippen molar-refractivity contribution < 1.29 is 9.59 Å². The monoisotopic (exact) mass is 343 g/mol. The predicted molar refractivity (Wildman–Crippen MR) is 94.1 cm³/mol. The number of carbonyl (C=O) groups excluding carboxylic acids is 2. The van der Waals surface area contributed by atoms with E-state index in [4.69, 9.17) is 0 Å². The van der Waals surface area contributed by atoms with Crippen LogP contribution in [0.5, 0.6) is 0 Å². The second-order valence-electron chi connectivity index (χ2n) is 5.80. The van der Waals surface area contributed by atoms with E-state index in [9.17, 15) is 9.59 Å². The Morgan fingerprint density at radius 3 is 2.54 bits per heavy atom. The first-order chi connectivity index (χ1) is 11.7. The first-order valence-electron chi connectivity index (χ1n) is 8.22. The normalized spacial score (nSPS) is 14.7. The van der Waals surface area contributed by atoms with Gasteiger partial charge in [0.1, 0.15) is 0 Å². The zero-order valence-corrected chi connectivity index (χ0v) is 14.6. The maximum Gasteiger partial charge on any atom is 0.264 e. The average molecular weight is 343 g/mol. The SMILES string of the molecule is CCc1ccsc1C(=O)N1CCN(C(=O)Cc2ccccn2)CC1. The summed E-state index contributed by atoms with van der Waals surface area (Å²) in [6, 6.07) is 7.61. The van der Waals surface area contributed by atoms with Crippen molar-refractivity contribution >= 4 is 23.2 Å². The summed E-state index contributed by atoms with van der Waals surface area (Å²) in [6.07, 6.45) is 2.89. The number of hydrogen-bond donors (Lipinski definition) is 0. The number of amides is 2. The topological polar surface area (TPSA) is 53.5 Å². The summed E-state index contributed by atoms with van der Waals surface area (Å²) >= 11 is 1.50. The Hall–Kier alpha value is -2.21. The lowest BCUT2D eigenvalue weighted by Crippen LogP contribution is -2.51. The summed E-state index contributed by atoms with van der Waals surface area (Å²) in [5.41, 5.74) is 1.89. The molecular weight excluding hydrogens is 322 g/mol.